The van der Waals surface area contributed by atoms with Gasteiger partial charge < -0.3 is 0 Å². The molecule has 0 aliphatic rings. The quantitative estimate of drug-likeness (QED) is 0.183. The zero-order valence-electron chi connectivity index (χ0n) is 26.3. The number of fused-ring (bicyclic) bond motifs is 2. The second-order valence-electron chi connectivity index (χ2n) is 11.9. The highest BCUT2D eigenvalue weighted by molar-refractivity contribution is 6.06. The molecule has 9 rings (SSSR count). The van der Waals surface area contributed by atoms with Gasteiger partial charge in [0.15, 0.2) is 17.5 Å². The molecule has 0 atom stereocenters. The van der Waals surface area contributed by atoms with Crippen molar-refractivity contribution in [3.63, 3.8) is 0 Å². The highest BCUT2D eigenvalue weighted by Gasteiger charge is 2.15. The number of hydrogen-bond donors (Lipinski definition) is 0. The van der Waals surface area contributed by atoms with Crippen LogP contribution in [0.2, 0.25) is 0 Å². The van der Waals surface area contributed by atoms with Crippen LogP contribution in [-0.4, -0.2) is 29.9 Å². The molecule has 0 N–H and O–H groups in total. The third-order valence-corrected chi connectivity index (χ3v) is 8.83. The summed E-state index contributed by atoms with van der Waals surface area (Å²) in [4.78, 5) is 14.7. The maximum Gasteiger partial charge on any atom is 0.164 e. The van der Waals surface area contributed by atoms with Gasteiger partial charge in [-0.05, 0) is 57.3 Å². The second kappa shape index (κ2) is 12.1. The molecule has 7 aromatic carbocycles. The van der Waals surface area contributed by atoms with E-state index < -0.39 is 0 Å². The summed E-state index contributed by atoms with van der Waals surface area (Å²) in [6.45, 7) is 0. The Morgan fingerprint density at radius 2 is 0.837 bits per heavy atom. The van der Waals surface area contributed by atoms with Gasteiger partial charge in [0.05, 0.1) is 11.2 Å². The van der Waals surface area contributed by atoms with Gasteiger partial charge in [-0.3, -0.25) is 0 Å². The number of rotatable bonds is 6. The number of benzene rings is 7. The topological polar surface area (TPSA) is 69.4 Å². The van der Waals surface area contributed by atoms with Crippen LogP contribution in [-0.2, 0) is 0 Å². The van der Waals surface area contributed by atoms with Gasteiger partial charge in [-0.1, -0.05) is 151 Å². The fourth-order valence-corrected chi connectivity index (χ4v) is 6.40. The lowest BCUT2D eigenvalue weighted by Gasteiger charge is -2.14. The van der Waals surface area contributed by atoms with Crippen molar-refractivity contribution in [2.45, 2.75) is 0 Å². The molecule has 2 heterocycles. The van der Waals surface area contributed by atoms with Crippen molar-refractivity contribution in [3.05, 3.63) is 170 Å². The van der Waals surface area contributed by atoms with Gasteiger partial charge in [-0.25, -0.2) is 19.6 Å². The molecule has 0 aliphatic heterocycles. The summed E-state index contributed by atoms with van der Waals surface area (Å²) in [5.41, 5.74) is 10.2. The van der Waals surface area contributed by atoms with E-state index in [1.54, 1.807) is 0 Å². The van der Waals surface area contributed by atoms with Crippen molar-refractivity contribution in [1.82, 2.24) is 29.9 Å². The standard InChI is InChI=1S/C43H28N6/c1-3-11-32(12-4-1)41-44-42(33-13-5-2-6-14-33)46-43(45-41)34-23-21-29(22-24-34)36-17-9-15-31-16-10-18-37(40(31)36)30-25-27-35(28-26-30)49-39-20-8-7-19-38(39)47-48-49/h1-28H. The molecule has 6 heteroatoms. The third-order valence-electron chi connectivity index (χ3n) is 8.83. The molecule has 0 bridgehead atoms. The molecule has 49 heavy (non-hydrogen) atoms. The van der Waals surface area contributed by atoms with Crippen LogP contribution in [0.1, 0.15) is 0 Å². The van der Waals surface area contributed by atoms with Crippen molar-refractivity contribution >= 4 is 21.8 Å². The van der Waals surface area contributed by atoms with Crippen LogP contribution in [0.5, 0.6) is 0 Å². The van der Waals surface area contributed by atoms with Gasteiger partial charge in [0, 0.05) is 16.7 Å². The van der Waals surface area contributed by atoms with E-state index in [1.165, 1.54) is 16.3 Å². The molecule has 0 unspecified atom stereocenters. The lowest BCUT2D eigenvalue weighted by atomic mass is 9.91. The zero-order valence-corrected chi connectivity index (χ0v) is 26.3. The van der Waals surface area contributed by atoms with Crippen molar-refractivity contribution in [1.29, 1.82) is 0 Å². The summed E-state index contributed by atoms with van der Waals surface area (Å²) >= 11 is 0. The fraction of sp³-hybridized carbons (Fsp3) is 0. The normalized spacial score (nSPS) is 11.3. The molecule has 0 saturated carbocycles. The van der Waals surface area contributed by atoms with Crippen molar-refractivity contribution in [3.8, 4) is 62.1 Å². The SMILES string of the molecule is c1ccc(-c2nc(-c3ccccc3)nc(-c3ccc(-c4cccc5cccc(-c6ccc(-n7nnc8ccccc87)cc6)c45)cc3)n2)cc1. The van der Waals surface area contributed by atoms with Crippen LogP contribution in [0.4, 0.5) is 0 Å². The average Bonchev–Trinajstić information content (AvgIpc) is 3.62. The van der Waals surface area contributed by atoms with Crippen LogP contribution in [0.15, 0.2) is 170 Å². The van der Waals surface area contributed by atoms with E-state index in [0.29, 0.717) is 17.5 Å². The third kappa shape index (κ3) is 5.31. The van der Waals surface area contributed by atoms with Crippen LogP contribution in [0.25, 0.3) is 83.9 Å². The average molecular weight is 629 g/mol. The maximum absolute atomic E-state index is 4.92. The predicted molar refractivity (Wildman–Crippen MR) is 197 cm³/mol. The molecule has 2 aromatic heterocycles. The first kappa shape index (κ1) is 28.4. The van der Waals surface area contributed by atoms with Crippen LogP contribution in [0.3, 0.4) is 0 Å². The lowest BCUT2D eigenvalue weighted by molar-refractivity contribution is 0.824. The van der Waals surface area contributed by atoms with Crippen molar-refractivity contribution < 1.29 is 0 Å². The van der Waals surface area contributed by atoms with Gasteiger partial charge in [0.2, 0.25) is 0 Å². The molecule has 0 radical (unpaired) electrons. The van der Waals surface area contributed by atoms with Gasteiger partial charge in [-0.2, -0.15) is 0 Å². The smallest absolute Gasteiger partial charge is 0.164 e. The minimum Gasteiger partial charge on any atom is -0.213 e. The number of nitrogens with zero attached hydrogens (tertiary/aromatic N) is 6. The Hall–Kier alpha value is -6.79. The summed E-state index contributed by atoms with van der Waals surface area (Å²) in [5, 5.41) is 11.1. The van der Waals surface area contributed by atoms with Gasteiger partial charge in [0.25, 0.3) is 0 Å². The Balaban J connectivity index is 1.10. The van der Waals surface area contributed by atoms with E-state index in [4.69, 9.17) is 15.0 Å². The summed E-state index contributed by atoms with van der Waals surface area (Å²) in [7, 11) is 0. The molecular weight excluding hydrogens is 601 g/mol. The fourth-order valence-electron chi connectivity index (χ4n) is 6.40. The summed E-state index contributed by atoms with van der Waals surface area (Å²) in [6, 6.07) is 58.2. The molecule has 0 aliphatic carbocycles. The Bertz CT molecular complexity index is 2510. The van der Waals surface area contributed by atoms with E-state index in [0.717, 1.165) is 50.1 Å². The molecule has 0 amide bonds. The largest absolute Gasteiger partial charge is 0.213 e. The van der Waals surface area contributed by atoms with Gasteiger partial charge in [-0.15, -0.1) is 5.10 Å². The summed E-state index contributed by atoms with van der Waals surface area (Å²) in [6.07, 6.45) is 0. The van der Waals surface area contributed by atoms with E-state index in [1.807, 2.05) is 89.6 Å². The van der Waals surface area contributed by atoms with Gasteiger partial charge in [0.1, 0.15) is 5.52 Å². The van der Waals surface area contributed by atoms with Crippen molar-refractivity contribution in [2.24, 2.45) is 0 Å². The number of aromatic nitrogens is 6. The van der Waals surface area contributed by atoms with Crippen LogP contribution >= 0.6 is 0 Å². The number of para-hydroxylation sites is 1. The Labute approximate surface area is 283 Å². The molecule has 6 nitrogen and oxygen atoms in total. The highest BCUT2D eigenvalue weighted by Crippen LogP contribution is 2.37. The molecule has 0 saturated heterocycles. The molecule has 0 spiro atoms. The van der Waals surface area contributed by atoms with Crippen LogP contribution in [0, 0.1) is 0 Å². The summed E-state index contributed by atoms with van der Waals surface area (Å²) < 4.78 is 1.88. The predicted octanol–water partition coefficient (Wildman–Crippen LogP) is 10.1. The first-order valence-corrected chi connectivity index (χ1v) is 16.2. The monoisotopic (exact) mass is 628 g/mol. The second-order valence-corrected chi connectivity index (χ2v) is 11.9. The van der Waals surface area contributed by atoms with E-state index in [9.17, 15) is 0 Å². The lowest BCUT2D eigenvalue weighted by Crippen LogP contribution is -2.00. The highest BCUT2D eigenvalue weighted by atomic mass is 15.4. The Morgan fingerprint density at radius 1 is 0.367 bits per heavy atom. The number of hydrogen-bond acceptors (Lipinski definition) is 5. The molecule has 0 fully saturated rings. The first-order chi connectivity index (χ1) is 24.3. The van der Waals surface area contributed by atoms with Crippen molar-refractivity contribution in [2.75, 3.05) is 0 Å². The first-order valence-electron chi connectivity index (χ1n) is 16.2. The van der Waals surface area contributed by atoms with E-state index in [2.05, 4.69) is 95.2 Å². The molecule has 230 valence electrons. The minimum absolute atomic E-state index is 0.637. The van der Waals surface area contributed by atoms with E-state index >= 15 is 0 Å². The Morgan fingerprint density at radius 3 is 1.41 bits per heavy atom. The molecular formula is C43H28N6. The van der Waals surface area contributed by atoms with Crippen LogP contribution < -0.4 is 0 Å². The Kier molecular flexibility index (Phi) is 7.02. The maximum atomic E-state index is 4.92. The molecule has 9 aromatic rings. The zero-order chi connectivity index (χ0) is 32.6. The minimum atomic E-state index is 0.637. The van der Waals surface area contributed by atoms with Gasteiger partial charge >= 0.3 is 0 Å². The summed E-state index contributed by atoms with van der Waals surface area (Å²) in [5.74, 6) is 1.93. The van der Waals surface area contributed by atoms with E-state index in [-0.39, 0.29) is 0 Å².